The van der Waals surface area contributed by atoms with E-state index in [1.54, 1.807) is 0 Å². The normalized spacial score (nSPS) is 12.6. The van der Waals surface area contributed by atoms with Crippen LogP contribution in [0.3, 0.4) is 0 Å². The van der Waals surface area contributed by atoms with E-state index in [0.29, 0.717) is 33.0 Å². The number of esters is 2. The largest absolute Gasteiger partial charge is 0.466 e. The first kappa shape index (κ1) is 53.8. The number of carbonyl (C=O) groups excluding carboxylic acids is 2. The summed E-state index contributed by atoms with van der Waals surface area (Å²) >= 11 is 0. The lowest BCUT2D eigenvalue weighted by Crippen LogP contribution is -2.28. The standard InChI is InChI=1S/C49H88O7/c1-4-7-10-12-14-16-18-20-22-24-26-28-30-32-34-36-41-55-48(50)38-43-53-46-47(45-52-40-9-6-3)54-44-39-49(51)56-42-37-35-33-31-29-27-25-23-21-19-17-15-13-11-8-5-2/h14-17,20-23,47H,4-13,18-19,24-46H2,1-3H3/b16-14-,17-15-,22-20-,23-21-. The molecule has 56 heavy (non-hydrogen) atoms. The van der Waals surface area contributed by atoms with Crippen LogP contribution in [-0.4, -0.2) is 64.3 Å². The Balaban J connectivity index is 3.84. The molecule has 0 radical (unpaired) electrons. The molecule has 0 spiro atoms. The van der Waals surface area contributed by atoms with Crippen molar-refractivity contribution in [1.29, 1.82) is 0 Å². The van der Waals surface area contributed by atoms with E-state index in [2.05, 4.69) is 69.4 Å². The average Bonchev–Trinajstić information content (AvgIpc) is 3.20. The van der Waals surface area contributed by atoms with E-state index < -0.39 is 0 Å². The molecule has 0 saturated carbocycles. The zero-order chi connectivity index (χ0) is 40.7. The molecule has 0 aromatic carbocycles. The molecule has 0 bridgehead atoms. The fourth-order valence-electron chi connectivity index (χ4n) is 5.98. The lowest BCUT2D eigenvalue weighted by molar-refractivity contribution is -0.148. The maximum absolute atomic E-state index is 12.3. The maximum Gasteiger partial charge on any atom is 0.308 e. The first-order chi connectivity index (χ1) is 27.6. The van der Waals surface area contributed by atoms with E-state index >= 15 is 0 Å². The van der Waals surface area contributed by atoms with Crippen LogP contribution in [-0.2, 0) is 33.3 Å². The topological polar surface area (TPSA) is 80.3 Å². The van der Waals surface area contributed by atoms with Gasteiger partial charge in [-0.2, -0.15) is 0 Å². The Labute approximate surface area is 345 Å². The third kappa shape index (κ3) is 44.5. The smallest absolute Gasteiger partial charge is 0.308 e. The first-order valence-corrected chi connectivity index (χ1v) is 23.3. The first-order valence-electron chi connectivity index (χ1n) is 23.3. The predicted molar refractivity (Wildman–Crippen MR) is 236 cm³/mol. The van der Waals surface area contributed by atoms with Crippen LogP contribution in [0, 0.1) is 0 Å². The van der Waals surface area contributed by atoms with Crippen LogP contribution in [0.2, 0.25) is 0 Å². The molecule has 0 aliphatic carbocycles. The molecule has 0 heterocycles. The van der Waals surface area contributed by atoms with Crippen molar-refractivity contribution < 1.29 is 33.3 Å². The van der Waals surface area contributed by atoms with Crippen molar-refractivity contribution in [3.63, 3.8) is 0 Å². The van der Waals surface area contributed by atoms with Gasteiger partial charge in [0.25, 0.3) is 0 Å². The lowest BCUT2D eigenvalue weighted by Gasteiger charge is -2.18. The Morgan fingerprint density at radius 1 is 0.393 bits per heavy atom. The molecule has 7 nitrogen and oxygen atoms in total. The van der Waals surface area contributed by atoms with Crippen LogP contribution in [0.1, 0.15) is 201 Å². The summed E-state index contributed by atoms with van der Waals surface area (Å²) in [5.41, 5.74) is 0. The summed E-state index contributed by atoms with van der Waals surface area (Å²) in [6.45, 7) is 9.42. The van der Waals surface area contributed by atoms with Gasteiger partial charge in [-0.1, -0.05) is 153 Å². The molecular weight excluding hydrogens is 701 g/mol. The van der Waals surface area contributed by atoms with Crippen molar-refractivity contribution in [3.05, 3.63) is 48.6 Å². The van der Waals surface area contributed by atoms with Crippen molar-refractivity contribution in [1.82, 2.24) is 0 Å². The van der Waals surface area contributed by atoms with E-state index in [9.17, 15) is 9.59 Å². The summed E-state index contributed by atoms with van der Waals surface area (Å²) in [4.78, 5) is 24.4. The minimum atomic E-state index is -0.304. The second-order valence-corrected chi connectivity index (χ2v) is 15.1. The van der Waals surface area contributed by atoms with Crippen molar-refractivity contribution in [3.8, 4) is 0 Å². The summed E-state index contributed by atoms with van der Waals surface area (Å²) in [5.74, 6) is -0.464. The number of unbranched alkanes of at least 4 members (excludes halogenated alkanes) is 19. The fraction of sp³-hybridized carbons (Fsp3) is 0.796. The predicted octanol–water partition coefficient (Wildman–Crippen LogP) is 13.7. The quantitative estimate of drug-likeness (QED) is 0.0345. The molecule has 0 aromatic heterocycles. The summed E-state index contributed by atoms with van der Waals surface area (Å²) in [6, 6.07) is 0. The number of hydrogen-bond acceptors (Lipinski definition) is 7. The van der Waals surface area contributed by atoms with Crippen LogP contribution in [0.15, 0.2) is 48.6 Å². The second-order valence-electron chi connectivity index (χ2n) is 15.1. The molecule has 0 amide bonds. The van der Waals surface area contributed by atoms with Crippen molar-refractivity contribution in [2.24, 2.45) is 0 Å². The summed E-state index contributed by atoms with van der Waals surface area (Å²) in [5, 5.41) is 0. The van der Waals surface area contributed by atoms with E-state index in [0.717, 1.165) is 64.2 Å². The second kappa shape index (κ2) is 47.2. The molecule has 0 fully saturated rings. The average molecular weight is 789 g/mol. The molecule has 7 heteroatoms. The highest BCUT2D eigenvalue weighted by molar-refractivity contribution is 5.69. The van der Waals surface area contributed by atoms with Crippen molar-refractivity contribution in [2.45, 2.75) is 207 Å². The van der Waals surface area contributed by atoms with Gasteiger partial charge in [-0.3, -0.25) is 9.59 Å². The minimum absolute atomic E-state index is 0.203. The molecule has 0 aliphatic heterocycles. The molecule has 0 rings (SSSR count). The summed E-state index contributed by atoms with van der Waals surface area (Å²) in [7, 11) is 0. The van der Waals surface area contributed by atoms with Crippen LogP contribution in [0.4, 0.5) is 0 Å². The van der Waals surface area contributed by atoms with Crippen molar-refractivity contribution in [2.75, 3.05) is 46.2 Å². The number of rotatable bonds is 44. The monoisotopic (exact) mass is 789 g/mol. The Hall–Kier alpha value is -2.22. The van der Waals surface area contributed by atoms with Gasteiger partial charge >= 0.3 is 11.9 Å². The van der Waals surface area contributed by atoms with Gasteiger partial charge in [-0.15, -0.1) is 0 Å². The minimum Gasteiger partial charge on any atom is -0.466 e. The Bertz CT molecular complexity index is 941. The summed E-state index contributed by atoms with van der Waals surface area (Å²) in [6.07, 6.45) is 49.0. The molecule has 1 unspecified atom stereocenters. The van der Waals surface area contributed by atoms with Crippen LogP contribution in [0.5, 0.6) is 0 Å². The zero-order valence-electron chi connectivity index (χ0n) is 36.8. The van der Waals surface area contributed by atoms with Crippen LogP contribution >= 0.6 is 0 Å². The highest BCUT2D eigenvalue weighted by Gasteiger charge is 2.13. The van der Waals surface area contributed by atoms with E-state index in [1.807, 2.05) is 0 Å². The summed E-state index contributed by atoms with van der Waals surface area (Å²) < 4.78 is 28.3. The molecule has 326 valence electrons. The van der Waals surface area contributed by atoms with E-state index in [4.69, 9.17) is 23.7 Å². The van der Waals surface area contributed by atoms with Crippen LogP contribution < -0.4 is 0 Å². The number of allylic oxidation sites excluding steroid dienone is 8. The number of carbonyl (C=O) groups is 2. The molecule has 0 saturated heterocycles. The zero-order valence-corrected chi connectivity index (χ0v) is 36.8. The van der Waals surface area contributed by atoms with E-state index in [-0.39, 0.29) is 44.1 Å². The lowest BCUT2D eigenvalue weighted by atomic mass is 10.1. The Kier molecular flexibility index (Phi) is 45.3. The van der Waals surface area contributed by atoms with Gasteiger partial charge in [0.15, 0.2) is 0 Å². The Morgan fingerprint density at radius 3 is 1.21 bits per heavy atom. The Morgan fingerprint density at radius 2 is 0.768 bits per heavy atom. The fourth-order valence-corrected chi connectivity index (χ4v) is 5.98. The van der Waals surface area contributed by atoms with Crippen LogP contribution in [0.25, 0.3) is 0 Å². The third-order valence-electron chi connectivity index (χ3n) is 9.58. The number of hydrogen-bond donors (Lipinski definition) is 0. The van der Waals surface area contributed by atoms with Gasteiger partial charge in [-0.05, 0) is 83.5 Å². The molecular formula is C49H88O7. The van der Waals surface area contributed by atoms with Gasteiger partial charge in [0.2, 0.25) is 0 Å². The molecule has 0 N–H and O–H groups in total. The van der Waals surface area contributed by atoms with Gasteiger partial charge in [0, 0.05) is 6.61 Å². The third-order valence-corrected chi connectivity index (χ3v) is 9.58. The highest BCUT2D eigenvalue weighted by Crippen LogP contribution is 2.10. The number of ether oxygens (including phenoxy) is 5. The molecule has 1 atom stereocenters. The van der Waals surface area contributed by atoms with E-state index in [1.165, 1.54) is 103 Å². The highest BCUT2D eigenvalue weighted by atomic mass is 16.6. The van der Waals surface area contributed by atoms with Gasteiger partial charge in [0.05, 0.1) is 52.5 Å². The maximum atomic E-state index is 12.3. The van der Waals surface area contributed by atoms with Gasteiger partial charge < -0.3 is 23.7 Å². The van der Waals surface area contributed by atoms with Gasteiger partial charge in [-0.25, -0.2) is 0 Å². The van der Waals surface area contributed by atoms with Crippen molar-refractivity contribution >= 4 is 11.9 Å². The van der Waals surface area contributed by atoms with Gasteiger partial charge in [0.1, 0.15) is 6.10 Å². The molecule has 0 aliphatic rings. The molecule has 0 aromatic rings. The SMILES string of the molecule is CCCCC/C=C\C/C=C\CCCCCCCCOC(=O)CCOCC(COCCCC)OCCC(=O)OCCCCCCCC/C=C\C/C=C\CCCCC.